The molecule has 1 aliphatic heterocycles. The van der Waals surface area contributed by atoms with Crippen LogP contribution in [0.25, 0.3) is 0 Å². The Balaban J connectivity index is 2.30. The quantitative estimate of drug-likeness (QED) is 0.882. The average molecular weight is 300 g/mol. The highest BCUT2D eigenvalue weighted by Crippen LogP contribution is 2.40. The maximum atomic E-state index is 12.2. The molecule has 0 unspecified atom stereocenters. The van der Waals surface area contributed by atoms with Crippen LogP contribution in [0.5, 0.6) is 5.75 Å². The minimum absolute atomic E-state index is 0.0492. The lowest BCUT2D eigenvalue weighted by Gasteiger charge is -2.35. The maximum Gasteiger partial charge on any atom is 0.157 e. The van der Waals surface area contributed by atoms with Crippen LogP contribution in [0.4, 0.5) is 0 Å². The molecular formula is C14H20O5S. The van der Waals surface area contributed by atoms with E-state index in [1.165, 1.54) is 6.26 Å². The standard InChI is InChI=1S/C14H20O5S/c1-20(16,17)14(6-9-18-10-7-14)12-2-4-13(5-3-12)19-11-8-15/h2-5,15H,6-11H2,1H3. The van der Waals surface area contributed by atoms with Crippen LogP contribution in [0.2, 0.25) is 0 Å². The van der Waals surface area contributed by atoms with E-state index in [2.05, 4.69) is 0 Å². The summed E-state index contributed by atoms with van der Waals surface area (Å²) in [5.41, 5.74) is 0.777. The number of rotatable bonds is 5. The van der Waals surface area contributed by atoms with Crippen LogP contribution in [-0.4, -0.2) is 46.2 Å². The highest BCUT2D eigenvalue weighted by molar-refractivity contribution is 7.91. The normalized spacial score (nSPS) is 18.7. The van der Waals surface area contributed by atoms with Gasteiger partial charge in [-0.05, 0) is 30.5 Å². The summed E-state index contributed by atoms with van der Waals surface area (Å²) >= 11 is 0. The molecule has 6 heteroatoms. The van der Waals surface area contributed by atoms with Crippen molar-refractivity contribution in [2.24, 2.45) is 0 Å². The van der Waals surface area contributed by atoms with Crippen LogP contribution < -0.4 is 4.74 Å². The molecule has 1 heterocycles. The zero-order valence-corrected chi connectivity index (χ0v) is 12.4. The molecule has 1 aliphatic rings. The van der Waals surface area contributed by atoms with Crippen molar-refractivity contribution < 1.29 is 23.0 Å². The minimum Gasteiger partial charge on any atom is -0.491 e. The third-order valence-corrected chi connectivity index (χ3v) is 5.81. The summed E-state index contributed by atoms with van der Waals surface area (Å²) in [6.07, 6.45) is 2.24. The molecular weight excluding hydrogens is 280 g/mol. The van der Waals surface area contributed by atoms with Gasteiger partial charge in [0.15, 0.2) is 9.84 Å². The third-order valence-electron chi connectivity index (χ3n) is 3.75. The van der Waals surface area contributed by atoms with Gasteiger partial charge in [0, 0.05) is 19.5 Å². The Morgan fingerprint density at radius 3 is 2.35 bits per heavy atom. The molecule has 0 bridgehead atoms. The highest BCUT2D eigenvalue weighted by atomic mass is 32.2. The predicted molar refractivity (Wildman–Crippen MR) is 75.6 cm³/mol. The number of hydrogen-bond donors (Lipinski definition) is 1. The largest absolute Gasteiger partial charge is 0.491 e. The van der Waals surface area contributed by atoms with E-state index in [0.717, 1.165) is 5.56 Å². The summed E-state index contributed by atoms with van der Waals surface area (Å²) < 4.78 is 34.2. The van der Waals surface area contributed by atoms with E-state index in [-0.39, 0.29) is 13.2 Å². The van der Waals surface area contributed by atoms with Gasteiger partial charge < -0.3 is 14.6 Å². The van der Waals surface area contributed by atoms with Crippen LogP contribution in [0.1, 0.15) is 18.4 Å². The SMILES string of the molecule is CS(=O)(=O)C1(c2ccc(OCCO)cc2)CCOCC1. The van der Waals surface area contributed by atoms with E-state index < -0.39 is 14.6 Å². The molecule has 0 amide bonds. The van der Waals surface area contributed by atoms with Crippen molar-refractivity contribution in [3.8, 4) is 5.75 Å². The van der Waals surface area contributed by atoms with Gasteiger partial charge in [-0.25, -0.2) is 8.42 Å². The first-order valence-corrected chi connectivity index (χ1v) is 8.50. The van der Waals surface area contributed by atoms with Crippen molar-refractivity contribution >= 4 is 9.84 Å². The van der Waals surface area contributed by atoms with Crippen LogP contribution in [0.3, 0.4) is 0 Å². The zero-order chi connectivity index (χ0) is 14.6. The Morgan fingerprint density at radius 2 is 1.85 bits per heavy atom. The molecule has 1 saturated heterocycles. The Bertz CT molecular complexity index is 529. The molecule has 5 nitrogen and oxygen atoms in total. The van der Waals surface area contributed by atoms with Crippen LogP contribution >= 0.6 is 0 Å². The first-order valence-electron chi connectivity index (χ1n) is 6.61. The summed E-state index contributed by atoms with van der Waals surface area (Å²) in [5, 5.41) is 8.72. The summed E-state index contributed by atoms with van der Waals surface area (Å²) in [5.74, 6) is 0.624. The molecule has 0 radical (unpaired) electrons. The van der Waals surface area contributed by atoms with E-state index in [0.29, 0.717) is 31.8 Å². The van der Waals surface area contributed by atoms with Gasteiger partial charge >= 0.3 is 0 Å². The number of benzene rings is 1. The Morgan fingerprint density at radius 1 is 1.25 bits per heavy atom. The first kappa shape index (κ1) is 15.3. The summed E-state index contributed by atoms with van der Waals surface area (Å²) in [6.45, 7) is 1.09. The first-order chi connectivity index (χ1) is 9.49. The third kappa shape index (κ3) is 2.97. The van der Waals surface area contributed by atoms with Crippen molar-refractivity contribution in [1.29, 1.82) is 0 Å². The maximum absolute atomic E-state index is 12.2. The number of sulfone groups is 1. The van der Waals surface area contributed by atoms with Crippen molar-refractivity contribution in [2.45, 2.75) is 17.6 Å². The molecule has 2 rings (SSSR count). The number of hydrogen-bond acceptors (Lipinski definition) is 5. The highest BCUT2D eigenvalue weighted by Gasteiger charge is 2.43. The topological polar surface area (TPSA) is 72.8 Å². The molecule has 0 aromatic heterocycles. The second kappa shape index (κ2) is 6.11. The average Bonchev–Trinajstić information content (AvgIpc) is 2.45. The summed E-state index contributed by atoms with van der Waals surface area (Å²) in [7, 11) is -3.23. The van der Waals surface area contributed by atoms with Gasteiger partial charge in [0.2, 0.25) is 0 Å². The van der Waals surface area contributed by atoms with Crippen molar-refractivity contribution in [3.63, 3.8) is 0 Å². The van der Waals surface area contributed by atoms with Gasteiger partial charge in [0.05, 0.1) is 6.61 Å². The second-order valence-corrected chi connectivity index (χ2v) is 7.30. The van der Waals surface area contributed by atoms with Crippen LogP contribution in [0, 0.1) is 0 Å². The van der Waals surface area contributed by atoms with Crippen LogP contribution in [0.15, 0.2) is 24.3 Å². The lowest BCUT2D eigenvalue weighted by Crippen LogP contribution is -2.40. The molecule has 0 spiro atoms. The van der Waals surface area contributed by atoms with Crippen molar-refractivity contribution in [2.75, 3.05) is 32.7 Å². The molecule has 1 aromatic carbocycles. The van der Waals surface area contributed by atoms with E-state index in [9.17, 15) is 8.42 Å². The Hall–Kier alpha value is -1.11. The summed E-state index contributed by atoms with van der Waals surface area (Å²) in [4.78, 5) is 0. The van der Waals surface area contributed by atoms with Gasteiger partial charge in [0.25, 0.3) is 0 Å². The number of ether oxygens (including phenoxy) is 2. The molecule has 112 valence electrons. The molecule has 1 N–H and O–H groups in total. The Kier molecular flexibility index (Phi) is 4.67. The number of aliphatic hydroxyl groups is 1. The lowest BCUT2D eigenvalue weighted by atomic mass is 9.90. The molecule has 0 saturated carbocycles. The van der Waals surface area contributed by atoms with Crippen molar-refractivity contribution in [3.05, 3.63) is 29.8 Å². The van der Waals surface area contributed by atoms with E-state index >= 15 is 0 Å². The summed E-state index contributed by atoms with van der Waals surface area (Å²) in [6, 6.07) is 7.07. The van der Waals surface area contributed by atoms with E-state index in [4.69, 9.17) is 14.6 Å². The predicted octanol–water partition coefficient (Wildman–Crippen LogP) is 1.11. The van der Waals surface area contributed by atoms with Crippen LogP contribution in [-0.2, 0) is 19.3 Å². The fourth-order valence-corrected chi connectivity index (χ4v) is 4.07. The van der Waals surface area contributed by atoms with E-state index in [1.807, 2.05) is 0 Å². The molecule has 0 aliphatic carbocycles. The number of aliphatic hydroxyl groups excluding tert-OH is 1. The molecule has 1 aromatic rings. The molecule has 0 atom stereocenters. The smallest absolute Gasteiger partial charge is 0.157 e. The Labute approximate surface area is 119 Å². The minimum atomic E-state index is -3.23. The molecule has 1 fully saturated rings. The van der Waals surface area contributed by atoms with Gasteiger partial charge in [0.1, 0.15) is 17.1 Å². The molecule has 20 heavy (non-hydrogen) atoms. The fraction of sp³-hybridized carbons (Fsp3) is 0.571. The monoisotopic (exact) mass is 300 g/mol. The fourth-order valence-electron chi connectivity index (χ4n) is 2.59. The van der Waals surface area contributed by atoms with Gasteiger partial charge in [-0.1, -0.05) is 12.1 Å². The zero-order valence-electron chi connectivity index (χ0n) is 11.5. The van der Waals surface area contributed by atoms with Gasteiger partial charge in [-0.2, -0.15) is 0 Å². The van der Waals surface area contributed by atoms with Gasteiger partial charge in [-0.15, -0.1) is 0 Å². The van der Waals surface area contributed by atoms with Crippen molar-refractivity contribution in [1.82, 2.24) is 0 Å². The lowest BCUT2D eigenvalue weighted by molar-refractivity contribution is 0.0742. The van der Waals surface area contributed by atoms with E-state index in [1.54, 1.807) is 24.3 Å². The second-order valence-electron chi connectivity index (χ2n) is 4.98. The van der Waals surface area contributed by atoms with Gasteiger partial charge in [-0.3, -0.25) is 0 Å².